The van der Waals surface area contributed by atoms with E-state index in [1.165, 1.54) is 0 Å². The molecule has 5 heteroatoms. The second-order valence-corrected chi connectivity index (χ2v) is 4.76. The molecule has 2 aromatic carbocycles. The molecule has 0 heterocycles. The molecule has 0 aliphatic carbocycles. The van der Waals surface area contributed by atoms with Crippen LogP contribution in [0.4, 0.5) is 11.4 Å². The van der Waals surface area contributed by atoms with E-state index in [0.29, 0.717) is 17.7 Å². The highest BCUT2D eigenvalue weighted by Crippen LogP contribution is 2.11. The summed E-state index contributed by atoms with van der Waals surface area (Å²) in [4.78, 5) is 11.9. The van der Waals surface area contributed by atoms with Gasteiger partial charge in [0.2, 0.25) is 5.91 Å². The molecule has 2 aromatic rings. The summed E-state index contributed by atoms with van der Waals surface area (Å²) in [5.74, 6) is -0.153. The topological polar surface area (TPSA) is 85.2 Å². The van der Waals surface area contributed by atoms with Gasteiger partial charge in [0, 0.05) is 18.0 Å². The minimum atomic E-state index is -0.153. The van der Waals surface area contributed by atoms with Crippen LogP contribution >= 0.6 is 0 Å². The summed E-state index contributed by atoms with van der Waals surface area (Å²) in [6, 6.07) is 16.3. The molecule has 5 nitrogen and oxygen atoms in total. The zero-order valence-corrected chi connectivity index (χ0v) is 12.0. The van der Waals surface area contributed by atoms with Gasteiger partial charge in [0.25, 0.3) is 0 Å². The van der Waals surface area contributed by atoms with Crippen molar-refractivity contribution in [1.82, 2.24) is 0 Å². The number of nitriles is 1. The third-order valence-corrected chi connectivity index (χ3v) is 3.11. The molecular formula is C17H17N3O2. The predicted octanol–water partition coefficient (Wildman–Crippen LogP) is 2.14. The van der Waals surface area contributed by atoms with Gasteiger partial charge in [-0.15, -0.1) is 0 Å². The number of anilines is 2. The predicted molar refractivity (Wildman–Crippen MR) is 85.5 cm³/mol. The average Bonchev–Trinajstić information content (AvgIpc) is 2.55. The van der Waals surface area contributed by atoms with Gasteiger partial charge in [-0.05, 0) is 48.4 Å². The number of nitrogens with one attached hydrogen (secondary N) is 2. The van der Waals surface area contributed by atoms with Gasteiger partial charge in [-0.2, -0.15) is 5.26 Å². The maximum Gasteiger partial charge on any atom is 0.243 e. The van der Waals surface area contributed by atoms with E-state index in [0.717, 1.165) is 11.3 Å². The molecule has 22 heavy (non-hydrogen) atoms. The summed E-state index contributed by atoms with van der Waals surface area (Å²) in [5, 5.41) is 23.3. The van der Waals surface area contributed by atoms with Gasteiger partial charge in [0.05, 0.1) is 18.2 Å². The number of nitrogens with zero attached hydrogens (tertiary/aromatic N) is 1. The number of carbonyl (C=O) groups is 1. The Labute approximate surface area is 129 Å². The number of hydrogen-bond donors (Lipinski definition) is 3. The van der Waals surface area contributed by atoms with Crippen molar-refractivity contribution in [3.05, 3.63) is 59.7 Å². The van der Waals surface area contributed by atoms with Crippen LogP contribution in [-0.4, -0.2) is 24.2 Å². The lowest BCUT2D eigenvalue weighted by Gasteiger charge is -2.08. The van der Waals surface area contributed by atoms with Crippen molar-refractivity contribution >= 4 is 17.3 Å². The number of carbonyl (C=O) groups excluding carboxylic acids is 1. The van der Waals surface area contributed by atoms with Crippen molar-refractivity contribution in [1.29, 1.82) is 5.26 Å². The van der Waals surface area contributed by atoms with Crippen LogP contribution in [0.1, 0.15) is 11.1 Å². The number of hydrogen-bond acceptors (Lipinski definition) is 4. The molecule has 0 spiro atoms. The van der Waals surface area contributed by atoms with Gasteiger partial charge in [-0.3, -0.25) is 4.79 Å². The van der Waals surface area contributed by atoms with Crippen LogP contribution < -0.4 is 10.6 Å². The highest BCUT2D eigenvalue weighted by molar-refractivity contribution is 5.93. The second kappa shape index (κ2) is 7.81. The van der Waals surface area contributed by atoms with Gasteiger partial charge in [0.1, 0.15) is 0 Å². The Kier molecular flexibility index (Phi) is 5.52. The molecule has 2 rings (SSSR count). The maximum atomic E-state index is 11.9. The summed E-state index contributed by atoms with van der Waals surface area (Å²) in [5.41, 5.74) is 3.11. The maximum absolute atomic E-state index is 11.9. The van der Waals surface area contributed by atoms with E-state index in [4.69, 9.17) is 10.4 Å². The highest BCUT2D eigenvalue weighted by atomic mass is 16.2. The molecule has 0 bridgehead atoms. The summed E-state index contributed by atoms with van der Waals surface area (Å²) in [6.45, 7) is 0.254. The minimum Gasteiger partial charge on any atom is -0.396 e. The Hall–Kier alpha value is -2.84. The van der Waals surface area contributed by atoms with Gasteiger partial charge >= 0.3 is 0 Å². The summed E-state index contributed by atoms with van der Waals surface area (Å²) >= 11 is 0. The van der Waals surface area contributed by atoms with E-state index in [1.54, 1.807) is 24.3 Å². The first-order valence-corrected chi connectivity index (χ1v) is 6.95. The van der Waals surface area contributed by atoms with E-state index < -0.39 is 0 Å². The fourth-order valence-electron chi connectivity index (χ4n) is 1.93. The Morgan fingerprint density at radius 3 is 2.27 bits per heavy atom. The van der Waals surface area contributed by atoms with Crippen molar-refractivity contribution in [3.8, 4) is 6.07 Å². The minimum absolute atomic E-state index is 0.111. The van der Waals surface area contributed by atoms with Crippen LogP contribution in [0.2, 0.25) is 0 Å². The van der Waals surface area contributed by atoms with Gasteiger partial charge < -0.3 is 15.7 Å². The zero-order valence-electron chi connectivity index (χ0n) is 12.0. The van der Waals surface area contributed by atoms with Gasteiger partial charge in [-0.25, -0.2) is 0 Å². The smallest absolute Gasteiger partial charge is 0.243 e. The van der Waals surface area contributed by atoms with Crippen LogP contribution in [-0.2, 0) is 11.2 Å². The first-order chi connectivity index (χ1) is 10.7. The molecule has 3 N–H and O–H groups in total. The lowest BCUT2D eigenvalue weighted by Crippen LogP contribution is -2.21. The summed E-state index contributed by atoms with van der Waals surface area (Å²) < 4.78 is 0. The molecule has 0 fully saturated rings. The molecule has 0 aliphatic heterocycles. The lowest BCUT2D eigenvalue weighted by molar-refractivity contribution is -0.114. The lowest BCUT2D eigenvalue weighted by atomic mass is 10.1. The molecule has 0 unspecified atom stereocenters. The monoisotopic (exact) mass is 295 g/mol. The molecule has 0 saturated heterocycles. The van der Waals surface area contributed by atoms with Crippen molar-refractivity contribution in [2.45, 2.75) is 6.42 Å². The van der Waals surface area contributed by atoms with Crippen LogP contribution in [0.25, 0.3) is 0 Å². The molecule has 0 radical (unpaired) electrons. The number of rotatable bonds is 6. The molecule has 1 amide bonds. The van der Waals surface area contributed by atoms with Crippen molar-refractivity contribution in [2.24, 2.45) is 0 Å². The van der Waals surface area contributed by atoms with Gasteiger partial charge in [-0.1, -0.05) is 12.1 Å². The third-order valence-electron chi connectivity index (χ3n) is 3.11. The van der Waals surface area contributed by atoms with Crippen molar-refractivity contribution in [2.75, 3.05) is 23.8 Å². The molecule has 0 aromatic heterocycles. The largest absolute Gasteiger partial charge is 0.396 e. The number of amides is 1. The van der Waals surface area contributed by atoms with Gasteiger partial charge in [0.15, 0.2) is 0 Å². The number of benzene rings is 2. The van der Waals surface area contributed by atoms with Crippen molar-refractivity contribution < 1.29 is 9.90 Å². The van der Waals surface area contributed by atoms with Crippen LogP contribution in [0.5, 0.6) is 0 Å². The van der Waals surface area contributed by atoms with Crippen LogP contribution in [0.15, 0.2) is 48.5 Å². The SMILES string of the molecule is N#Cc1ccc(NCC(=O)Nc2ccc(CCO)cc2)cc1. The standard InChI is InChI=1S/C17H17N3O2/c18-11-14-3-5-15(6-4-14)19-12-17(22)20-16-7-1-13(2-8-16)9-10-21/h1-8,19,21H,9-10,12H2,(H,20,22). The van der Waals surface area contributed by atoms with Crippen molar-refractivity contribution in [3.63, 3.8) is 0 Å². The first kappa shape index (κ1) is 15.5. The summed E-state index contributed by atoms with van der Waals surface area (Å²) in [7, 11) is 0. The zero-order chi connectivity index (χ0) is 15.8. The normalized spacial score (nSPS) is 9.82. The first-order valence-electron chi connectivity index (χ1n) is 6.95. The highest BCUT2D eigenvalue weighted by Gasteiger charge is 2.02. The quantitative estimate of drug-likeness (QED) is 0.762. The van der Waals surface area contributed by atoms with Crippen LogP contribution in [0.3, 0.4) is 0 Å². The average molecular weight is 295 g/mol. The molecule has 0 saturated carbocycles. The Morgan fingerprint density at radius 1 is 1.05 bits per heavy atom. The van der Waals surface area contributed by atoms with Crippen LogP contribution in [0, 0.1) is 11.3 Å². The molecule has 0 aliphatic rings. The molecule has 112 valence electrons. The Bertz CT molecular complexity index is 658. The number of aliphatic hydroxyl groups excluding tert-OH is 1. The molecule has 0 atom stereocenters. The fraction of sp³-hybridized carbons (Fsp3) is 0.176. The summed E-state index contributed by atoms with van der Waals surface area (Å²) in [6.07, 6.45) is 0.606. The third kappa shape index (κ3) is 4.62. The van der Waals surface area contributed by atoms with E-state index >= 15 is 0 Å². The fourth-order valence-corrected chi connectivity index (χ4v) is 1.93. The van der Waals surface area contributed by atoms with E-state index in [2.05, 4.69) is 10.6 Å². The Morgan fingerprint density at radius 2 is 1.68 bits per heavy atom. The molecular weight excluding hydrogens is 278 g/mol. The van der Waals surface area contributed by atoms with E-state index in [9.17, 15) is 4.79 Å². The van der Waals surface area contributed by atoms with E-state index in [1.807, 2.05) is 30.3 Å². The second-order valence-electron chi connectivity index (χ2n) is 4.76. The van der Waals surface area contributed by atoms with E-state index in [-0.39, 0.29) is 19.1 Å². The number of aliphatic hydroxyl groups is 1. The Balaban J connectivity index is 1.83.